The first-order valence-corrected chi connectivity index (χ1v) is 2.48. The van der Waals surface area contributed by atoms with E-state index in [4.69, 9.17) is 10.2 Å². The van der Waals surface area contributed by atoms with Crippen LogP contribution in [0.2, 0.25) is 0 Å². The summed E-state index contributed by atoms with van der Waals surface area (Å²) in [6.07, 6.45) is -0.310. The molecule has 0 saturated heterocycles. The molecule has 0 aliphatic rings. The van der Waals surface area contributed by atoms with E-state index in [1.165, 1.54) is 6.92 Å². The fraction of sp³-hybridized carbons (Fsp3) is 0.600. The molecule has 0 saturated carbocycles. The molecule has 11 heavy (non-hydrogen) atoms. The standard InChI is InChI=1S/C5H8O4.2Na.2H/c1-3(5(8)9)2-4(6)7;;;;/h3H,2H2,1H3,(H,6,7)(H,8,9);;;;/q;2*+1;2*-1. The van der Waals surface area contributed by atoms with E-state index < -0.39 is 17.9 Å². The van der Waals surface area contributed by atoms with Crippen LogP contribution in [-0.2, 0) is 9.59 Å². The molecule has 0 aliphatic carbocycles. The second-order valence-electron chi connectivity index (χ2n) is 1.84. The Morgan fingerprint density at radius 2 is 1.73 bits per heavy atom. The molecular weight excluding hydrogens is 170 g/mol. The molecule has 4 nitrogen and oxygen atoms in total. The van der Waals surface area contributed by atoms with E-state index >= 15 is 0 Å². The van der Waals surface area contributed by atoms with E-state index in [9.17, 15) is 9.59 Å². The summed E-state index contributed by atoms with van der Waals surface area (Å²) in [5, 5.41) is 16.2. The molecule has 2 N–H and O–H groups in total. The van der Waals surface area contributed by atoms with Crippen LogP contribution in [0.25, 0.3) is 0 Å². The zero-order valence-corrected chi connectivity index (χ0v) is 11.0. The largest absolute Gasteiger partial charge is 1.00 e. The summed E-state index contributed by atoms with van der Waals surface area (Å²) in [4.78, 5) is 19.8. The summed E-state index contributed by atoms with van der Waals surface area (Å²) >= 11 is 0. The van der Waals surface area contributed by atoms with Gasteiger partial charge in [-0.1, -0.05) is 6.92 Å². The second-order valence-corrected chi connectivity index (χ2v) is 1.84. The maximum Gasteiger partial charge on any atom is 1.00 e. The van der Waals surface area contributed by atoms with Crippen molar-refractivity contribution in [3.8, 4) is 0 Å². The fourth-order valence-electron chi connectivity index (χ4n) is 0.349. The van der Waals surface area contributed by atoms with Gasteiger partial charge in [0, 0.05) is 0 Å². The molecule has 0 aromatic carbocycles. The Hall–Kier alpha value is 0.940. The Morgan fingerprint density at radius 1 is 1.36 bits per heavy atom. The molecule has 0 bridgehead atoms. The van der Waals surface area contributed by atoms with Crippen LogP contribution >= 0.6 is 0 Å². The molecule has 0 heterocycles. The zero-order chi connectivity index (χ0) is 7.44. The van der Waals surface area contributed by atoms with Gasteiger partial charge in [0.05, 0.1) is 12.3 Å². The van der Waals surface area contributed by atoms with Gasteiger partial charge in [-0.25, -0.2) is 0 Å². The van der Waals surface area contributed by atoms with Crippen molar-refractivity contribution in [2.24, 2.45) is 5.92 Å². The fourth-order valence-corrected chi connectivity index (χ4v) is 0.349. The molecule has 0 fully saturated rings. The van der Waals surface area contributed by atoms with Gasteiger partial charge < -0.3 is 13.1 Å². The average Bonchev–Trinajstić information content (AvgIpc) is 1.63. The van der Waals surface area contributed by atoms with Crippen molar-refractivity contribution >= 4 is 11.9 Å². The van der Waals surface area contributed by atoms with Crippen LogP contribution in [-0.4, -0.2) is 22.2 Å². The molecule has 1 atom stereocenters. The zero-order valence-electron chi connectivity index (χ0n) is 9.00. The number of hydrogen-bond donors (Lipinski definition) is 2. The number of carbonyl (C=O) groups is 2. The molecule has 0 amide bonds. The van der Waals surface area contributed by atoms with Crippen LogP contribution in [0.4, 0.5) is 0 Å². The van der Waals surface area contributed by atoms with Crippen molar-refractivity contribution in [3.05, 3.63) is 0 Å². The van der Waals surface area contributed by atoms with Gasteiger partial charge in [-0.3, -0.25) is 9.59 Å². The van der Waals surface area contributed by atoms with Gasteiger partial charge in [-0.15, -0.1) is 0 Å². The minimum atomic E-state index is -1.08. The van der Waals surface area contributed by atoms with Gasteiger partial charge in [-0.2, -0.15) is 0 Å². The Morgan fingerprint density at radius 3 is 1.82 bits per heavy atom. The summed E-state index contributed by atoms with van der Waals surface area (Å²) in [7, 11) is 0. The Labute approximate surface area is 112 Å². The van der Waals surface area contributed by atoms with E-state index in [1.54, 1.807) is 0 Å². The monoisotopic (exact) mass is 180 g/mol. The maximum atomic E-state index is 9.97. The maximum absolute atomic E-state index is 9.97. The van der Waals surface area contributed by atoms with E-state index in [0.29, 0.717) is 0 Å². The van der Waals surface area contributed by atoms with Crippen LogP contribution in [0.3, 0.4) is 0 Å². The average molecular weight is 180 g/mol. The van der Waals surface area contributed by atoms with E-state index in [-0.39, 0.29) is 68.4 Å². The van der Waals surface area contributed by atoms with Crippen LogP contribution in [0.1, 0.15) is 16.2 Å². The third kappa shape index (κ3) is 10.9. The number of hydrogen-bond acceptors (Lipinski definition) is 2. The first-order chi connectivity index (χ1) is 4.04. The third-order valence-electron chi connectivity index (χ3n) is 0.902. The normalized spacial score (nSPS) is 10.3. The van der Waals surface area contributed by atoms with Crippen molar-refractivity contribution in [1.29, 1.82) is 0 Å². The topological polar surface area (TPSA) is 74.6 Å². The van der Waals surface area contributed by atoms with Crippen molar-refractivity contribution < 1.29 is 81.8 Å². The molecule has 6 heteroatoms. The van der Waals surface area contributed by atoms with Gasteiger partial charge >= 0.3 is 71.1 Å². The summed E-state index contributed by atoms with van der Waals surface area (Å²) in [5.74, 6) is -2.94. The molecule has 0 spiro atoms. The van der Waals surface area contributed by atoms with Crippen LogP contribution in [0, 0.1) is 5.92 Å². The van der Waals surface area contributed by atoms with E-state index in [0.717, 1.165) is 0 Å². The van der Waals surface area contributed by atoms with Crippen LogP contribution < -0.4 is 59.1 Å². The van der Waals surface area contributed by atoms with Crippen molar-refractivity contribution in [1.82, 2.24) is 0 Å². The van der Waals surface area contributed by atoms with Crippen LogP contribution in [0.5, 0.6) is 0 Å². The molecule has 1 unspecified atom stereocenters. The van der Waals surface area contributed by atoms with Crippen molar-refractivity contribution in [2.75, 3.05) is 0 Å². The molecule has 0 aromatic heterocycles. The summed E-state index contributed by atoms with van der Waals surface area (Å²) in [6.45, 7) is 1.36. The smallest absolute Gasteiger partial charge is 1.00 e. The molecular formula is C5H10Na2O4. The van der Waals surface area contributed by atoms with Gasteiger partial charge in [-0.05, 0) is 0 Å². The van der Waals surface area contributed by atoms with Gasteiger partial charge in [0.1, 0.15) is 0 Å². The van der Waals surface area contributed by atoms with Gasteiger partial charge in [0.25, 0.3) is 0 Å². The first kappa shape index (κ1) is 17.9. The van der Waals surface area contributed by atoms with Crippen molar-refractivity contribution in [2.45, 2.75) is 13.3 Å². The summed E-state index contributed by atoms with van der Waals surface area (Å²) in [6, 6.07) is 0. The number of carboxylic acid groups (broad SMARTS) is 2. The SMILES string of the molecule is CC(CC(=O)O)C(=O)O.[H-].[H-].[Na+].[Na+]. The number of rotatable bonds is 3. The third-order valence-corrected chi connectivity index (χ3v) is 0.902. The van der Waals surface area contributed by atoms with E-state index in [2.05, 4.69) is 0 Å². The van der Waals surface area contributed by atoms with Crippen molar-refractivity contribution in [3.63, 3.8) is 0 Å². The minimum absolute atomic E-state index is 0. The Balaban J connectivity index is -0.0000000533. The molecule has 56 valence electrons. The Bertz CT molecular complexity index is 144. The predicted octanol–water partition coefficient (Wildman–Crippen LogP) is -5.59. The minimum Gasteiger partial charge on any atom is -1.00 e. The van der Waals surface area contributed by atoms with E-state index in [1.807, 2.05) is 0 Å². The van der Waals surface area contributed by atoms with Crippen LogP contribution in [0.15, 0.2) is 0 Å². The molecule has 0 rings (SSSR count). The number of aliphatic carboxylic acids is 2. The summed E-state index contributed by atoms with van der Waals surface area (Å²) in [5.41, 5.74) is 0. The predicted molar refractivity (Wildman–Crippen MR) is 31.3 cm³/mol. The second kappa shape index (κ2) is 9.03. The van der Waals surface area contributed by atoms with Gasteiger partial charge in [0.15, 0.2) is 0 Å². The molecule has 0 aromatic rings. The summed E-state index contributed by atoms with van der Waals surface area (Å²) < 4.78 is 0. The molecule has 0 aliphatic heterocycles. The first-order valence-electron chi connectivity index (χ1n) is 2.48. The van der Waals surface area contributed by atoms with Gasteiger partial charge in [0.2, 0.25) is 0 Å². The molecule has 0 radical (unpaired) electrons. The Kier molecular flexibility index (Phi) is 14.7. The number of carboxylic acids is 2. The quantitative estimate of drug-likeness (QED) is 0.425.